The van der Waals surface area contributed by atoms with Crippen molar-refractivity contribution < 1.29 is 38.6 Å². The molecule has 2 aliphatic heterocycles. The minimum absolute atomic E-state index is 0.169. The lowest BCUT2D eigenvalue weighted by molar-refractivity contribution is -0.187. The Morgan fingerprint density at radius 1 is 0.833 bits per heavy atom. The lowest BCUT2D eigenvalue weighted by atomic mass is 10.0. The number of aromatic nitrogens is 2. The Kier molecular flexibility index (Phi) is 8.30. The molecule has 1 fully saturated rings. The van der Waals surface area contributed by atoms with Crippen LogP contribution in [0, 0.1) is 5.92 Å². The van der Waals surface area contributed by atoms with Crippen molar-refractivity contribution in [2.24, 2.45) is 5.92 Å². The molecule has 12 nitrogen and oxygen atoms in total. The van der Waals surface area contributed by atoms with E-state index in [0.717, 1.165) is 16.5 Å². The Morgan fingerprint density at radius 2 is 1.44 bits per heavy atom. The number of hydrogen-bond donors (Lipinski definition) is 1. The first kappa shape index (κ1) is 30.6. The lowest BCUT2D eigenvalue weighted by Crippen LogP contribution is -2.50. The first-order chi connectivity index (χ1) is 23.3. The normalized spacial score (nSPS) is 15.0. The standard InChI is InChI=1S/C36H30N4O8/c41-33-28-13-7-8-14-29(28)34(42)40(33)48-31(35(43)47-32(24-9-3-1-4-10-24)25-11-5-2-6-12-25)22-46-27-15-16-30-26(17-27)21-39(37-30)20-23-18-38(19-23)36(44)45/h1-17,21,23,31-32H,18-20,22H2,(H,44,45). The van der Waals surface area contributed by atoms with Gasteiger partial charge >= 0.3 is 12.1 Å². The summed E-state index contributed by atoms with van der Waals surface area (Å²) in [7, 11) is 0. The van der Waals surface area contributed by atoms with Gasteiger partial charge in [0.05, 0.1) is 16.6 Å². The van der Waals surface area contributed by atoms with Crippen LogP contribution in [-0.4, -0.2) is 74.5 Å². The number of hydroxylamine groups is 2. The summed E-state index contributed by atoms with van der Waals surface area (Å²) in [4.78, 5) is 58.5. The Hall–Kier alpha value is -6.01. The van der Waals surface area contributed by atoms with Crippen LogP contribution in [-0.2, 0) is 20.9 Å². The number of amides is 3. The number of ether oxygens (including phenoxy) is 2. The highest BCUT2D eigenvalue weighted by Crippen LogP contribution is 2.29. The quantitative estimate of drug-likeness (QED) is 0.156. The molecule has 0 radical (unpaired) electrons. The van der Waals surface area contributed by atoms with Gasteiger partial charge in [-0.2, -0.15) is 5.10 Å². The summed E-state index contributed by atoms with van der Waals surface area (Å²) in [6.45, 7) is 1.11. The van der Waals surface area contributed by atoms with Crippen molar-refractivity contribution in [3.8, 4) is 5.75 Å². The molecular formula is C36H30N4O8. The van der Waals surface area contributed by atoms with Crippen molar-refractivity contribution >= 4 is 34.8 Å². The predicted octanol–water partition coefficient (Wildman–Crippen LogP) is 4.95. The second kappa shape index (κ2) is 13.0. The molecule has 1 saturated heterocycles. The molecule has 7 rings (SSSR count). The van der Waals surface area contributed by atoms with E-state index in [1.165, 1.54) is 17.0 Å². The molecule has 1 aromatic heterocycles. The number of carbonyl (C=O) groups excluding carboxylic acids is 3. The number of rotatable bonds is 11. The average molecular weight is 647 g/mol. The number of benzene rings is 4. The lowest BCUT2D eigenvalue weighted by Gasteiger charge is -2.36. The van der Waals surface area contributed by atoms with Gasteiger partial charge in [-0.1, -0.05) is 72.8 Å². The Bertz CT molecular complexity index is 1920. The van der Waals surface area contributed by atoms with Crippen LogP contribution < -0.4 is 4.74 Å². The fraction of sp³-hybridized carbons (Fsp3) is 0.194. The Labute approximate surface area is 274 Å². The van der Waals surface area contributed by atoms with Crippen LogP contribution in [0.15, 0.2) is 109 Å². The highest BCUT2D eigenvalue weighted by atomic mass is 16.7. The first-order valence-electron chi connectivity index (χ1n) is 15.4. The molecule has 0 saturated carbocycles. The van der Waals surface area contributed by atoms with Crippen molar-refractivity contribution in [2.45, 2.75) is 18.8 Å². The predicted molar refractivity (Wildman–Crippen MR) is 171 cm³/mol. The smallest absolute Gasteiger partial charge is 0.407 e. The molecule has 1 unspecified atom stereocenters. The second-order valence-electron chi connectivity index (χ2n) is 11.6. The van der Waals surface area contributed by atoms with E-state index in [-0.39, 0.29) is 23.7 Å². The van der Waals surface area contributed by atoms with Crippen LogP contribution in [0.5, 0.6) is 5.75 Å². The molecule has 0 aliphatic carbocycles. The molecule has 242 valence electrons. The van der Waals surface area contributed by atoms with Gasteiger partial charge in [0, 0.05) is 37.1 Å². The molecule has 2 aliphatic rings. The topological polar surface area (TPSA) is 140 Å². The Morgan fingerprint density at radius 3 is 2.04 bits per heavy atom. The third-order valence-electron chi connectivity index (χ3n) is 8.29. The number of esters is 1. The van der Waals surface area contributed by atoms with Crippen LogP contribution in [0.4, 0.5) is 4.79 Å². The summed E-state index contributed by atoms with van der Waals surface area (Å²) in [5.41, 5.74) is 2.49. The SMILES string of the molecule is O=C(OC(c1ccccc1)c1ccccc1)C(COc1ccc2nn(CC3CN(C(=O)O)C3)cc2c1)ON1C(=O)c2ccccc2C1=O. The van der Waals surface area contributed by atoms with Gasteiger partial charge in [-0.3, -0.25) is 14.3 Å². The van der Waals surface area contributed by atoms with E-state index in [0.29, 0.717) is 36.0 Å². The second-order valence-corrected chi connectivity index (χ2v) is 11.6. The number of hydrogen-bond acceptors (Lipinski definition) is 8. The van der Waals surface area contributed by atoms with Crippen LogP contribution in [0.2, 0.25) is 0 Å². The molecule has 48 heavy (non-hydrogen) atoms. The minimum Gasteiger partial charge on any atom is -0.490 e. The summed E-state index contributed by atoms with van der Waals surface area (Å²) in [5, 5.41) is 15.0. The fourth-order valence-electron chi connectivity index (χ4n) is 5.82. The largest absolute Gasteiger partial charge is 0.490 e. The van der Waals surface area contributed by atoms with Crippen molar-refractivity contribution in [2.75, 3.05) is 19.7 Å². The maximum atomic E-state index is 13.9. The van der Waals surface area contributed by atoms with Crippen LogP contribution in [0.25, 0.3) is 10.9 Å². The van der Waals surface area contributed by atoms with E-state index in [4.69, 9.17) is 19.4 Å². The molecular weight excluding hydrogens is 616 g/mol. The molecule has 0 bridgehead atoms. The van der Waals surface area contributed by atoms with Gasteiger partial charge in [0.2, 0.25) is 6.10 Å². The Balaban J connectivity index is 1.11. The van der Waals surface area contributed by atoms with Gasteiger partial charge in [0.15, 0.2) is 6.10 Å². The fourth-order valence-corrected chi connectivity index (χ4v) is 5.82. The van der Waals surface area contributed by atoms with Crippen LogP contribution >= 0.6 is 0 Å². The van der Waals surface area contributed by atoms with Crippen molar-refractivity contribution in [3.63, 3.8) is 0 Å². The van der Waals surface area contributed by atoms with E-state index in [2.05, 4.69) is 5.10 Å². The number of carboxylic acid groups (broad SMARTS) is 1. The molecule has 3 amide bonds. The highest BCUT2D eigenvalue weighted by Gasteiger charge is 2.41. The maximum Gasteiger partial charge on any atom is 0.407 e. The molecule has 5 aromatic rings. The monoisotopic (exact) mass is 646 g/mol. The van der Waals surface area contributed by atoms with Gasteiger partial charge in [0.25, 0.3) is 11.8 Å². The zero-order valence-corrected chi connectivity index (χ0v) is 25.5. The molecule has 4 aromatic carbocycles. The molecule has 1 atom stereocenters. The van der Waals surface area contributed by atoms with E-state index in [1.54, 1.807) is 35.0 Å². The third kappa shape index (κ3) is 6.20. The van der Waals surface area contributed by atoms with Crippen LogP contribution in [0.1, 0.15) is 37.9 Å². The summed E-state index contributed by atoms with van der Waals surface area (Å²) in [5.74, 6) is -1.65. The van der Waals surface area contributed by atoms with Gasteiger partial charge in [-0.15, -0.1) is 5.06 Å². The van der Waals surface area contributed by atoms with E-state index >= 15 is 0 Å². The zero-order valence-electron chi connectivity index (χ0n) is 25.5. The van der Waals surface area contributed by atoms with Gasteiger partial charge in [-0.05, 0) is 41.5 Å². The van der Waals surface area contributed by atoms with E-state index in [9.17, 15) is 19.2 Å². The number of carbonyl (C=O) groups is 4. The average Bonchev–Trinajstić information content (AvgIpc) is 3.60. The van der Waals surface area contributed by atoms with Crippen molar-refractivity contribution in [1.29, 1.82) is 0 Å². The molecule has 1 N–H and O–H groups in total. The maximum absolute atomic E-state index is 13.9. The van der Waals surface area contributed by atoms with Gasteiger partial charge in [-0.25, -0.2) is 14.4 Å². The molecule has 12 heteroatoms. The molecule has 3 heterocycles. The summed E-state index contributed by atoms with van der Waals surface area (Å²) >= 11 is 0. The first-order valence-corrected chi connectivity index (χ1v) is 15.4. The number of imide groups is 1. The van der Waals surface area contributed by atoms with Crippen LogP contribution in [0.3, 0.4) is 0 Å². The van der Waals surface area contributed by atoms with Gasteiger partial charge < -0.3 is 19.5 Å². The molecule has 0 spiro atoms. The van der Waals surface area contributed by atoms with E-state index in [1.807, 2.05) is 66.9 Å². The minimum atomic E-state index is -1.50. The van der Waals surface area contributed by atoms with Gasteiger partial charge in [0.1, 0.15) is 12.4 Å². The zero-order chi connectivity index (χ0) is 33.2. The van der Waals surface area contributed by atoms with Crippen molar-refractivity contribution in [1.82, 2.24) is 19.7 Å². The number of fused-ring (bicyclic) bond motifs is 2. The summed E-state index contributed by atoms with van der Waals surface area (Å²) in [6.07, 6.45) is -1.38. The summed E-state index contributed by atoms with van der Waals surface area (Å²) in [6, 6.07) is 29.9. The highest BCUT2D eigenvalue weighted by molar-refractivity contribution is 6.20. The number of likely N-dealkylation sites (tertiary alicyclic amines) is 1. The van der Waals surface area contributed by atoms with E-state index < -0.39 is 36.1 Å². The van der Waals surface area contributed by atoms with Crippen molar-refractivity contribution in [3.05, 3.63) is 132 Å². The third-order valence-corrected chi connectivity index (χ3v) is 8.29. The summed E-state index contributed by atoms with van der Waals surface area (Å²) < 4.78 is 13.8. The number of nitrogens with zero attached hydrogens (tertiary/aromatic N) is 4.